The molecule has 0 bridgehead atoms. The van der Waals surface area contributed by atoms with E-state index in [9.17, 15) is 21.6 Å². The van der Waals surface area contributed by atoms with Gasteiger partial charge in [-0.25, -0.2) is 21.6 Å². The third-order valence-electron chi connectivity index (χ3n) is 1.62. The number of anilines is 1. The van der Waals surface area contributed by atoms with Gasteiger partial charge in [-0.2, -0.15) is 0 Å². The standard InChI is InChI=1S/C8H8F3NO3S/c9-5-3-6(10)8(7(11)4-5)12-16(14,15)2-1-13/h3-4,12-13H,1-2H2. The zero-order valence-corrected chi connectivity index (χ0v) is 8.69. The Hall–Kier alpha value is -1.28. The molecule has 1 rings (SSSR count). The van der Waals surface area contributed by atoms with Crippen LogP contribution in [-0.4, -0.2) is 25.9 Å². The summed E-state index contributed by atoms with van der Waals surface area (Å²) in [5.41, 5.74) is -0.963. The van der Waals surface area contributed by atoms with E-state index >= 15 is 0 Å². The van der Waals surface area contributed by atoms with Crippen LogP contribution in [0.15, 0.2) is 12.1 Å². The first kappa shape index (κ1) is 12.8. The van der Waals surface area contributed by atoms with Crippen molar-refractivity contribution in [1.29, 1.82) is 0 Å². The van der Waals surface area contributed by atoms with E-state index in [0.29, 0.717) is 12.1 Å². The monoisotopic (exact) mass is 255 g/mol. The molecule has 0 radical (unpaired) electrons. The molecule has 1 aromatic carbocycles. The van der Waals surface area contributed by atoms with E-state index in [0.717, 1.165) is 0 Å². The van der Waals surface area contributed by atoms with Gasteiger partial charge in [-0.3, -0.25) is 4.72 Å². The van der Waals surface area contributed by atoms with Gasteiger partial charge in [0.15, 0.2) is 11.6 Å². The topological polar surface area (TPSA) is 66.4 Å². The number of halogens is 3. The average Bonchev–Trinajstić information content (AvgIpc) is 2.11. The molecule has 1 aromatic rings. The molecule has 0 aromatic heterocycles. The van der Waals surface area contributed by atoms with Gasteiger partial charge < -0.3 is 5.11 Å². The van der Waals surface area contributed by atoms with Crippen LogP contribution >= 0.6 is 0 Å². The van der Waals surface area contributed by atoms with Gasteiger partial charge in [-0.05, 0) is 0 Å². The Morgan fingerprint density at radius 2 is 1.69 bits per heavy atom. The highest BCUT2D eigenvalue weighted by atomic mass is 32.2. The number of nitrogens with one attached hydrogen (secondary N) is 1. The maximum atomic E-state index is 13.0. The number of aliphatic hydroxyl groups is 1. The molecule has 0 unspecified atom stereocenters. The number of rotatable bonds is 4. The van der Waals surface area contributed by atoms with Gasteiger partial charge in [0.2, 0.25) is 10.0 Å². The van der Waals surface area contributed by atoms with Gasteiger partial charge in [0.05, 0.1) is 12.4 Å². The molecule has 0 heterocycles. The predicted molar refractivity (Wildman–Crippen MR) is 50.8 cm³/mol. The molecule has 0 atom stereocenters. The second-order valence-corrected chi connectivity index (χ2v) is 4.73. The van der Waals surface area contributed by atoms with Crippen molar-refractivity contribution in [1.82, 2.24) is 0 Å². The van der Waals surface area contributed by atoms with Crippen LogP contribution in [0.4, 0.5) is 18.9 Å². The van der Waals surface area contributed by atoms with E-state index < -0.39 is 45.5 Å². The highest BCUT2D eigenvalue weighted by Gasteiger charge is 2.17. The summed E-state index contributed by atoms with van der Waals surface area (Å²) in [6.07, 6.45) is 0. The SMILES string of the molecule is O=S(=O)(CCO)Nc1c(F)cc(F)cc1F. The molecule has 90 valence electrons. The molecule has 0 saturated carbocycles. The van der Waals surface area contributed by atoms with Crippen LogP contribution in [0, 0.1) is 17.5 Å². The smallest absolute Gasteiger partial charge is 0.235 e. The number of sulfonamides is 1. The Morgan fingerprint density at radius 3 is 2.12 bits per heavy atom. The first-order valence-corrected chi connectivity index (χ1v) is 5.77. The van der Waals surface area contributed by atoms with Crippen LogP contribution in [-0.2, 0) is 10.0 Å². The molecule has 0 amide bonds. The predicted octanol–water partition coefficient (Wildman–Crippen LogP) is 0.838. The van der Waals surface area contributed by atoms with E-state index in [-0.39, 0.29) is 0 Å². The lowest BCUT2D eigenvalue weighted by atomic mass is 10.3. The van der Waals surface area contributed by atoms with Crippen LogP contribution in [0.25, 0.3) is 0 Å². The number of hydrogen-bond acceptors (Lipinski definition) is 3. The first-order chi connectivity index (χ1) is 7.35. The molecular weight excluding hydrogens is 247 g/mol. The lowest BCUT2D eigenvalue weighted by Crippen LogP contribution is -2.20. The molecule has 4 nitrogen and oxygen atoms in total. The molecule has 0 aliphatic heterocycles. The molecule has 0 saturated heterocycles. The molecule has 0 spiro atoms. The molecule has 0 aliphatic carbocycles. The zero-order chi connectivity index (χ0) is 12.3. The minimum absolute atomic E-state index is 0.347. The first-order valence-electron chi connectivity index (χ1n) is 4.11. The third-order valence-corrected chi connectivity index (χ3v) is 2.86. The molecule has 16 heavy (non-hydrogen) atoms. The van der Waals surface area contributed by atoms with Gasteiger partial charge >= 0.3 is 0 Å². The maximum Gasteiger partial charge on any atom is 0.235 e. The van der Waals surface area contributed by atoms with E-state index in [4.69, 9.17) is 5.11 Å². The quantitative estimate of drug-likeness (QED) is 0.837. The van der Waals surface area contributed by atoms with Gasteiger partial charge in [-0.1, -0.05) is 0 Å². The Bertz CT molecular complexity index is 466. The lowest BCUT2D eigenvalue weighted by Gasteiger charge is -2.08. The molecular formula is C8H8F3NO3S. The Morgan fingerprint density at radius 1 is 1.19 bits per heavy atom. The largest absolute Gasteiger partial charge is 0.395 e. The summed E-state index contributed by atoms with van der Waals surface area (Å²) in [7, 11) is -4.04. The zero-order valence-electron chi connectivity index (χ0n) is 7.87. The average molecular weight is 255 g/mol. The summed E-state index contributed by atoms with van der Waals surface area (Å²) in [4.78, 5) is 0. The van der Waals surface area contributed by atoms with Crippen molar-refractivity contribution in [3.05, 3.63) is 29.6 Å². The van der Waals surface area contributed by atoms with E-state index in [1.165, 1.54) is 0 Å². The fraction of sp³-hybridized carbons (Fsp3) is 0.250. The maximum absolute atomic E-state index is 13.0. The van der Waals surface area contributed by atoms with Crippen LogP contribution in [0.3, 0.4) is 0 Å². The minimum Gasteiger partial charge on any atom is -0.395 e. The van der Waals surface area contributed by atoms with Gasteiger partial charge in [0.1, 0.15) is 11.5 Å². The summed E-state index contributed by atoms with van der Waals surface area (Å²) in [6.45, 7) is -0.695. The highest BCUT2D eigenvalue weighted by Crippen LogP contribution is 2.21. The summed E-state index contributed by atoms with van der Waals surface area (Å²) in [6, 6.07) is 0.694. The Kier molecular flexibility index (Phi) is 3.76. The fourth-order valence-corrected chi connectivity index (χ4v) is 1.81. The molecule has 8 heteroatoms. The van der Waals surface area contributed by atoms with Crippen molar-refractivity contribution < 1.29 is 26.7 Å². The van der Waals surface area contributed by atoms with Crippen molar-refractivity contribution in [3.63, 3.8) is 0 Å². The van der Waals surface area contributed by atoms with E-state index in [1.807, 2.05) is 0 Å². The van der Waals surface area contributed by atoms with Crippen molar-refractivity contribution in [2.75, 3.05) is 17.1 Å². The Balaban J connectivity index is 3.07. The number of aliphatic hydroxyl groups excluding tert-OH is 1. The van der Waals surface area contributed by atoms with Crippen molar-refractivity contribution in [2.24, 2.45) is 0 Å². The van der Waals surface area contributed by atoms with Crippen molar-refractivity contribution >= 4 is 15.7 Å². The highest BCUT2D eigenvalue weighted by molar-refractivity contribution is 7.92. The number of hydrogen-bond donors (Lipinski definition) is 2. The van der Waals surface area contributed by atoms with Gasteiger partial charge in [-0.15, -0.1) is 0 Å². The van der Waals surface area contributed by atoms with E-state index in [2.05, 4.69) is 0 Å². The summed E-state index contributed by atoms with van der Waals surface area (Å²) in [5.74, 6) is -4.58. The minimum atomic E-state index is -4.04. The van der Waals surface area contributed by atoms with E-state index in [1.54, 1.807) is 4.72 Å². The van der Waals surface area contributed by atoms with Crippen molar-refractivity contribution in [3.8, 4) is 0 Å². The normalized spacial score (nSPS) is 11.5. The second kappa shape index (κ2) is 4.71. The second-order valence-electron chi connectivity index (χ2n) is 2.89. The Labute approximate surface area is 89.8 Å². The molecule has 2 N–H and O–H groups in total. The summed E-state index contributed by atoms with van der Waals surface area (Å²) < 4.78 is 62.3. The summed E-state index contributed by atoms with van der Waals surface area (Å²) in [5, 5.41) is 8.40. The van der Waals surface area contributed by atoms with Crippen molar-refractivity contribution in [2.45, 2.75) is 0 Å². The van der Waals surface area contributed by atoms with Crippen LogP contribution < -0.4 is 4.72 Å². The van der Waals surface area contributed by atoms with Gasteiger partial charge in [0.25, 0.3) is 0 Å². The third kappa shape index (κ3) is 3.11. The van der Waals surface area contributed by atoms with Crippen LogP contribution in [0.2, 0.25) is 0 Å². The van der Waals surface area contributed by atoms with Crippen LogP contribution in [0.5, 0.6) is 0 Å². The van der Waals surface area contributed by atoms with Gasteiger partial charge in [0, 0.05) is 12.1 Å². The molecule has 0 aliphatic rings. The summed E-state index contributed by atoms with van der Waals surface area (Å²) >= 11 is 0. The molecule has 0 fully saturated rings. The number of benzene rings is 1. The fourth-order valence-electron chi connectivity index (χ4n) is 0.966. The lowest BCUT2D eigenvalue weighted by molar-refractivity contribution is 0.320. The van der Waals surface area contributed by atoms with Crippen LogP contribution in [0.1, 0.15) is 0 Å².